The maximum atomic E-state index is 13.7. The number of amides is 1. The third-order valence-corrected chi connectivity index (χ3v) is 3.57. The number of pyridine rings is 1. The summed E-state index contributed by atoms with van der Waals surface area (Å²) in [5.41, 5.74) is 0.610. The summed E-state index contributed by atoms with van der Waals surface area (Å²) in [5.74, 6) is -1.58. The zero-order valence-corrected chi connectivity index (χ0v) is 13.7. The van der Waals surface area contributed by atoms with Gasteiger partial charge in [0.2, 0.25) is 11.8 Å². The van der Waals surface area contributed by atoms with Gasteiger partial charge in [-0.05, 0) is 24.6 Å². The summed E-state index contributed by atoms with van der Waals surface area (Å²) in [5, 5.41) is 2.82. The summed E-state index contributed by atoms with van der Waals surface area (Å²) in [6.45, 7) is 4.11. The Labute approximate surface area is 139 Å². The lowest BCUT2D eigenvalue weighted by Crippen LogP contribution is -2.28. The van der Waals surface area contributed by atoms with Gasteiger partial charge in [0, 0.05) is 30.3 Å². The van der Waals surface area contributed by atoms with Gasteiger partial charge < -0.3 is 10.1 Å². The standard InChI is InChI=1S/C18H20F2N2O2/c1-3-5-12(2)17(23)22-11-13-6-4-9-21-18(13)24-16-8-7-14(19)10-15(16)20/h4,6-10,12H,3,5,11H2,1-2H3,(H,22,23)/t12-/m1/s1. The van der Waals surface area contributed by atoms with Crippen LogP contribution in [0.15, 0.2) is 36.5 Å². The first-order chi connectivity index (χ1) is 11.5. The summed E-state index contributed by atoms with van der Waals surface area (Å²) in [4.78, 5) is 16.1. The molecule has 1 amide bonds. The Morgan fingerprint density at radius 3 is 2.83 bits per heavy atom. The highest BCUT2D eigenvalue weighted by Crippen LogP contribution is 2.26. The Kier molecular flexibility index (Phi) is 6.23. The van der Waals surface area contributed by atoms with E-state index in [-0.39, 0.29) is 30.0 Å². The Morgan fingerprint density at radius 2 is 2.12 bits per heavy atom. The molecule has 128 valence electrons. The van der Waals surface area contributed by atoms with Crippen molar-refractivity contribution in [3.63, 3.8) is 0 Å². The van der Waals surface area contributed by atoms with Crippen molar-refractivity contribution in [2.75, 3.05) is 0 Å². The van der Waals surface area contributed by atoms with Crippen molar-refractivity contribution >= 4 is 5.91 Å². The Hall–Kier alpha value is -2.50. The van der Waals surface area contributed by atoms with Gasteiger partial charge in [0.1, 0.15) is 5.82 Å². The van der Waals surface area contributed by atoms with Crippen LogP contribution in [0.2, 0.25) is 0 Å². The fourth-order valence-corrected chi connectivity index (χ4v) is 2.23. The van der Waals surface area contributed by atoms with E-state index in [1.807, 2.05) is 13.8 Å². The molecule has 0 fully saturated rings. The summed E-state index contributed by atoms with van der Waals surface area (Å²) >= 11 is 0. The zero-order chi connectivity index (χ0) is 17.5. The SMILES string of the molecule is CCC[C@@H](C)C(=O)NCc1cccnc1Oc1ccc(F)cc1F. The quantitative estimate of drug-likeness (QED) is 0.825. The number of ether oxygens (including phenoxy) is 1. The van der Waals surface area contributed by atoms with Crippen molar-refractivity contribution < 1.29 is 18.3 Å². The van der Waals surface area contributed by atoms with E-state index in [1.165, 1.54) is 12.3 Å². The maximum absolute atomic E-state index is 13.7. The molecule has 6 heteroatoms. The number of halogens is 2. The highest BCUT2D eigenvalue weighted by molar-refractivity contribution is 5.78. The van der Waals surface area contributed by atoms with Gasteiger partial charge in [-0.2, -0.15) is 0 Å². The monoisotopic (exact) mass is 334 g/mol. The van der Waals surface area contributed by atoms with E-state index >= 15 is 0 Å². The molecule has 4 nitrogen and oxygen atoms in total. The first-order valence-electron chi connectivity index (χ1n) is 7.85. The molecule has 0 unspecified atom stereocenters. The fourth-order valence-electron chi connectivity index (χ4n) is 2.23. The average molecular weight is 334 g/mol. The third kappa shape index (κ3) is 4.75. The molecule has 0 radical (unpaired) electrons. The Bertz CT molecular complexity index is 707. The number of nitrogens with one attached hydrogen (secondary N) is 1. The Morgan fingerprint density at radius 1 is 1.33 bits per heavy atom. The molecule has 0 saturated heterocycles. The van der Waals surface area contributed by atoms with Crippen molar-refractivity contribution in [2.45, 2.75) is 33.2 Å². The third-order valence-electron chi connectivity index (χ3n) is 3.57. The number of benzene rings is 1. The van der Waals surface area contributed by atoms with Crippen LogP contribution in [0.1, 0.15) is 32.3 Å². The van der Waals surface area contributed by atoms with Crippen LogP contribution in [-0.4, -0.2) is 10.9 Å². The number of carbonyl (C=O) groups excluding carboxylic acids is 1. The first kappa shape index (κ1) is 17.8. The highest BCUT2D eigenvalue weighted by atomic mass is 19.1. The van der Waals surface area contributed by atoms with Crippen molar-refractivity contribution in [1.82, 2.24) is 10.3 Å². The molecule has 1 aromatic carbocycles. The van der Waals surface area contributed by atoms with Gasteiger partial charge in [-0.1, -0.05) is 26.3 Å². The molecule has 24 heavy (non-hydrogen) atoms. The largest absolute Gasteiger partial charge is 0.436 e. The number of hydrogen-bond donors (Lipinski definition) is 1. The molecule has 1 heterocycles. The molecule has 1 aromatic heterocycles. The molecule has 1 N–H and O–H groups in total. The molecule has 0 spiro atoms. The molecule has 2 aromatic rings. The number of rotatable bonds is 7. The van der Waals surface area contributed by atoms with Gasteiger partial charge in [0.25, 0.3) is 0 Å². The summed E-state index contributed by atoms with van der Waals surface area (Å²) in [6, 6.07) is 6.48. The van der Waals surface area contributed by atoms with Crippen LogP contribution in [-0.2, 0) is 11.3 Å². The van der Waals surface area contributed by atoms with Gasteiger partial charge in [-0.3, -0.25) is 4.79 Å². The first-order valence-corrected chi connectivity index (χ1v) is 7.85. The predicted octanol–water partition coefficient (Wildman–Crippen LogP) is 4.20. The minimum atomic E-state index is -0.813. The van der Waals surface area contributed by atoms with Crippen molar-refractivity contribution in [3.05, 3.63) is 53.7 Å². The number of hydrogen-bond acceptors (Lipinski definition) is 3. The van der Waals surface area contributed by atoms with Crippen LogP contribution in [0.5, 0.6) is 11.6 Å². The molecule has 0 bridgehead atoms. The van der Waals surface area contributed by atoms with E-state index in [2.05, 4.69) is 10.3 Å². The smallest absolute Gasteiger partial charge is 0.224 e. The normalized spacial score (nSPS) is 11.8. The number of nitrogens with zero attached hydrogens (tertiary/aromatic N) is 1. The minimum absolute atomic E-state index is 0.0559. The summed E-state index contributed by atoms with van der Waals surface area (Å²) in [7, 11) is 0. The predicted molar refractivity (Wildman–Crippen MR) is 86.6 cm³/mol. The number of carbonyl (C=O) groups is 1. The second kappa shape index (κ2) is 8.38. The van der Waals surface area contributed by atoms with E-state index in [9.17, 15) is 13.6 Å². The highest BCUT2D eigenvalue weighted by Gasteiger charge is 2.14. The lowest BCUT2D eigenvalue weighted by molar-refractivity contribution is -0.124. The van der Waals surface area contributed by atoms with Crippen LogP contribution < -0.4 is 10.1 Å². The summed E-state index contributed by atoms with van der Waals surface area (Å²) < 4.78 is 32.1. The molecule has 0 aliphatic carbocycles. The topological polar surface area (TPSA) is 51.2 Å². The minimum Gasteiger partial charge on any atom is -0.436 e. The lowest BCUT2D eigenvalue weighted by Gasteiger charge is -2.13. The van der Waals surface area contributed by atoms with E-state index in [4.69, 9.17) is 4.74 Å². The lowest BCUT2D eigenvalue weighted by atomic mass is 10.1. The molecule has 0 aliphatic rings. The van der Waals surface area contributed by atoms with Crippen molar-refractivity contribution in [3.8, 4) is 11.6 Å². The van der Waals surface area contributed by atoms with Crippen LogP contribution in [0.4, 0.5) is 8.78 Å². The van der Waals surface area contributed by atoms with E-state index < -0.39 is 11.6 Å². The van der Waals surface area contributed by atoms with Gasteiger partial charge >= 0.3 is 0 Å². The summed E-state index contributed by atoms with van der Waals surface area (Å²) in [6.07, 6.45) is 3.24. The maximum Gasteiger partial charge on any atom is 0.224 e. The van der Waals surface area contributed by atoms with Gasteiger partial charge in [0.15, 0.2) is 11.6 Å². The second-order valence-corrected chi connectivity index (χ2v) is 5.55. The molecular weight excluding hydrogens is 314 g/mol. The van der Waals surface area contributed by atoms with Crippen LogP contribution >= 0.6 is 0 Å². The van der Waals surface area contributed by atoms with Crippen molar-refractivity contribution in [2.24, 2.45) is 5.92 Å². The van der Waals surface area contributed by atoms with E-state index in [0.29, 0.717) is 5.56 Å². The van der Waals surface area contributed by atoms with Gasteiger partial charge in [0.05, 0.1) is 0 Å². The van der Waals surface area contributed by atoms with E-state index in [0.717, 1.165) is 25.0 Å². The molecule has 0 aliphatic heterocycles. The van der Waals surface area contributed by atoms with Crippen LogP contribution in [0, 0.1) is 17.6 Å². The second-order valence-electron chi connectivity index (χ2n) is 5.55. The van der Waals surface area contributed by atoms with Gasteiger partial charge in [-0.25, -0.2) is 13.8 Å². The zero-order valence-electron chi connectivity index (χ0n) is 13.7. The Balaban J connectivity index is 2.08. The average Bonchev–Trinajstić information content (AvgIpc) is 2.56. The molecular formula is C18H20F2N2O2. The molecule has 2 rings (SSSR count). The van der Waals surface area contributed by atoms with Gasteiger partial charge in [-0.15, -0.1) is 0 Å². The fraction of sp³-hybridized carbons (Fsp3) is 0.333. The van der Waals surface area contributed by atoms with E-state index in [1.54, 1.807) is 12.1 Å². The number of aromatic nitrogens is 1. The van der Waals surface area contributed by atoms with Crippen LogP contribution in [0.3, 0.4) is 0 Å². The molecule has 1 atom stereocenters. The van der Waals surface area contributed by atoms with Crippen molar-refractivity contribution in [1.29, 1.82) is 0 Å². The van der Waals surface area contributed by atoms with Crippen LogP contribution in [0.25, 0.3) is 0 Å². The molecule has 0 saturated carbocycles.